The Hall–Kier alpha value is -2.98. The van der Waals surface area contributed by atoms with E-state index in [4.69, 9.17) is 11.6 Å². The molecular weight excluding hydrogens is 320 g/mol. The van der Waals surface area contributed by atoms with Crippen molar-refractivity contribution in [1.82, 2.24) is 14.4 Å². The maximum absolute atomic E-state index is 6.22. The summed E-state index contributed by atoms with van der Waals surface area (Å²) in [5.74, 6) is 0.848. The van der Waals surface area contributed by atoms with Crippen LogP contribution in [-0.4, -0.2) is 14.4 Å². The number of hydrogen-bond donors (Lipinski definition) is 2. The minimum atomic E-state index is 0.699. The fourth-order valence-corrected chi connectivity index (χ4v) is 3.28. The second kappa shape index (κ2) is 5.01. The molecule has 2 N–H and O–H groups in total. The van der Waals surface area contributed by atoms with Gasteiger partial charge in [-0.1, -0.05) is 35.9 Å². The predicted octanol–water partition coefficient (Wildman–Crippen LogP) is 5.37. The maximum atomic E-state index is 6.22. The smallest absolute Gasteiger partial charge is 0.213 e. The molecule has 0 fully saturated rings. The quantitative estimate of drug-likeness (QED) is 0.456. The molecule has 2 aromatic heterocycles. The van der Waals surface area contributed by atoms with E-state index >= 15 is 0 Å². The van der Waals surface area contributed by atoms with Crippen LogP contribution in [0.2, 0.25) is 5.02 Å². The number of nitrogens with zero attached hydrogens (tertiary/aromatic N) is 2. The molecule has 0 saturated carbocycles. The van der Waals surface area contributed by atoms with Crippen molar-refractivity contribution in [2.45, 2.75) is 0 Å². The van der Waals surface area contributed by atoms with Crippen molar-refractivity contribution in [2.75, 3.05) is 5.32 Å². The molecule has 2 heterocycles. The average Bonchev–Trinajstić information content (AvgIpc) is 3.12. The maximum Gasteiger partial charge on any atom is 0.213 e. The summed E-state index contributed by atoms with van der Waals surface area (Å²) in [6.07, 6.45) is 0. The van der Waals surface area contributed by atoms with Gasteiger partial charge in [-0.2, -0.15) is 0 Å². The third kappa shape index (κ3) is 1.97. The molecule has 0 amide bonds. The molecular formula is C19H13ClN4. The number of fused-ring (bicyclic) bond motifs is 5. The number of nitrogens with one attached hydrogen (secondary N) is 2. The van der Waals surface area contributed by atoms with Gasteiger partial charge in [0.25, 0.3) is 0 Å². The lowest BCUT2D eigenvalue weighted by atomic mass is 10.2. The van der Waals surface area contributed by atoms with Gasteiger partial charge in [-0.15, -0.1) is 0 Å². The summed E-state index contributed by atoms with van der Waals surface area (Å²) < 4.78 is 2.14. The first-order chi connectivity index (χ1) is 11.8. The number of rotatable bonds is 2. The van der Waals surface area contributed by atoms with Crippen LogP contribution in [0.15, 0.2) is 66.7 Å². The van der Waals surface area contributed by atoms with Crippen LogP contribution in [-0.2, 0) is 0 Å². The van der Waals surface area contributed by atoms with E-state index in [1.807, 2.05) is 48.5 Å². The summed E-state index contributed by atoms with van der Waals surface area (Å²) in [7, 11) is 0. The Kier molecular flexibility index (Phi) is 2.81. The highest BCUT2D eigenvalue weighted by Gasteiger charge is 2.10. The summed E-state index contributed by atoms with van der Waals surface area (Å²) >= 11 is 6.22. The van der Waals surface area contributed by atoms with Crippen molar-refractivity contribution >= 4 is 50.8 Å². The van der Waals surface area contributed by atoms with Crippen molar-refractivity contribution in [3.05, 3.63) is 71.8 Å². The second-order valence-electron chi connectivity index (χ2n) is 5.72. The van der Waals surface area contributed by atoms with E-state index in [1.165, 1.54) is 0 Å². The fraction of sp³-hybridized carbons (Fsp3) is 0. The summed E-state index contributed by atoms with van der Waals surface area (Å²) in [6, 6.07) is 22.1. The Morgan fingerprint density at radius 3 is 2.67 bits per heavy atom. The molecule has 24 heavy (non-hydrogen) atoms. The number of aromatic amines is 1. The van der Waals surface area contributed by atoms with Gasteiger partial charge >= 0.3 is 0 Å². The van der Waals surface area contributed by atoms with Gasteiger partial charge in [-0.3, -0.25) is 4.40 Å². The summed E-state index contributed by atoms with van der Waals surface area (Å²) in [6.45, 7) is 0. The van der Waals surface area contributed by atoms with E-state index < -0.39 is 0 Å². The van der Waals surface area contributed by atoms with Crippen LogP contribution in [0, 0.1) is 0 Å². The van der Waals surface area contributed by atoms with Crippen molar-refractivity contribution < 1.29 is 0 Å². The molecule has 5 heteroatoms. The Bertz CT molecular complexity index is 1200. The van der Waals surface area contributed by atoms with E-state index in [0.717, 1.165) is 39.2 Å². The molecule has 0 saturated heterocycles. The van der Waals surface area contributed by atoms with E-state index in [1.54, 1.807) is 0 Å². The van der Waals surface area contributed by atoms with Gasteiger partial charge in [-0.25, -0.2) is 4.98 Å². The highest BCUT2D eigenvalue weighted by Crippen LogP contribution is 2.28. The van der Waals surface area contributed by atoms with Crippen LogP contribution in [0.5, 0.6) is 0 Å². The third-order valence-electron chi connectivity index (χ3n) is 4.20. The zero-order valence-electron chi connectivity index (χ0n) is 12.6. The zero-order chi connectivity index (χ0) is 16.1. The zero-order valence-corrected chi connectivity index (χ0v) is 13.4. The van der Waals surface area contributed by atoms with Gasteiger partial charge in [-0.05, 0) is 42.5 Å². The van der Waals surface area contributed by atoms with Crippen LogP contribution < -0.4 is 5.32 Å². The molecule has 0 spiro atoms. The number of aromatic nitrogens is 3. The van der Waals surface area contributed by atoms with Gasteiger partial charge < -0.3 is 10.3 Å². The Labute approximate surface area is 142 Å². The lowest BCUT2D eigenvalue weighted by molar-refractivity contribution is 1.28. The number of H-pyrrole nitrogens is 1. The van der Waals surface area contributed by atoms with Crippen LogP contribution >= 0.6 is 11.6 Å². The standard InChI is InChI=1S/C19H13ClN4/c20-13-5-1-2-6-14(13)21-12-9-10-18-16(11-12)23-19-22-15-7-3-4-8-17(15)24(18)19/h1-11,21H,(H,22,23). The number of halogens is 1. The molecule has 0 unspecified atom stereocenters. The van der Waals surface area contributed by atoms with Gasteiger partial charge in [0.1, 0.15) is 0 Å². The van der Waals surface area contributed by atoms with E-state index in [2.05, 4.69) is 37.9 Å². The molecule has 5 aromatic rings. The van der Waals surface area contributed by atoms with Crippen LogP contribution in [0.3, 0.4) is 0 Å². The van der Waals surface area contributed by atoms with Gasteiger partial charge in [0.2, 0.25) is 5.78 Å². The normalized spacial score (nSPS) is 11.5. The summed E-state index contributed by atoms with van der Waals surface area (Å²) in [5, 5.41) is 4.06. The van der Waals surface area contributed by atoms with Crippen molar-refractivity contribution in [2.24, 2.45) is 0 Å². The number of hydrogen-bond acceptors (Lipinski definition) is 2. The highest BCUT2D eigenvalue weighted by molar-refractivity contribution is 6.33. The van der Waals surface area contributed by atoms with E-state index in [0.29, 0.717) is 5.02 Å². The Morgan fingerprint density at radius 1 is 0.917 bits per heavy atom. The minimum Gasteiger partial charge on any atom is -0.354 e. The van der Waals surface area contributed by atoms with Crippen LogP contribution in [0.4, 0.5) is 11.4 Å². The molecule has 0 aliphatic rings. The molecule has 5 rings (SSSR count). The Morgan fingerprint density at radius 2 is 1.75 bits per heavy atom. The van der Waals surface area contributed by atoms with Gasteiger partial charge in [0, 0.05) is 5.69 Å². The third-order valence-corrected chi connectivity index (χ3v) is 4.53. The molecule has 0 radical (unpaired) electrons. The second-order valence-corrected chi connectivity index (χ2v) is 6.13. The number of benzene rings is 3. The van der Waals surface area contributed by atoms with Crippen molar-refractivity contribution in [1.29, 1.82) is 0 Å². The highest BCUT2D eigenvalue weighted by atomic mass is 35.5. The number of anilines is 2. The van der Waals surface area contributed by atoms with Crippen LogP contribution in [0.25, 0.3) is 27.8 Å². The molecule has 0 aliphatic heterocycles. The lowest BCUT2D eigenvalue weighted by Gasteiger charge is -2.08. The number of para-hydroxylation sites is 3. The van der Waals surface area contributed by atoms with Gasteiger partial charge in [0.05, 0.1) is 32.8 Å². The fourth-order valence-electron chi connectivity index (χ4n) is 3.10. The predicted molar refractivity (Wildman–Crippen MR) is 99.3 cm³/mol. The molecule has 0 atom stereocenters. The van der Waals surface area contributed by atoms with E-state index in [9.17, 15) is 0 Å². The van der Waals surface area contributed by atoms with Crippen molar-refractivity contribution in [3.8, 4) is 0 Å². The first-order valence-corrected chi connectivity index (χ1v) is 8.08. The summed E-state index contributed by atoms with van der Waals surface area (Å²) in [4.78, 5) is 8.03. The molecule has 0 bridgehead atoms. The molecule has 4 nitrogen and oxygen atoms in total. The van der Waals surface area contributed by atoms with Gasteiger partial charge in [0.15, 0.2) is 0 Å². The molecule has 3 aromatic carbocycles. The average molecular weight is 333 g/mol. The minimum absolute atomic E-state index is 0.699. The van der Waals surface area contributed by atoms with Crippen LogP contribution in [0.1, 0.15) is 0 Å². The topological polar surface area (TPSA) is 45.1 Å². The molecule has 116 valence electrons. The Balaban J connectivity index is 1.66. The lowest BCUT2D eigenvalue weighted by Crippen LogP contribution is -1.91. The largest absolute Gasteiger partial charge is 0.354 e. The SMILES string of the molecule is Clc1ccccc1Nc1ccc2c(c1)[nH]c1nc3ccccc3n12. The summed E-state index contributed by atoms with van der Waals surface area (Å²) in [5.41, 5.74) is 6.09. The van der Waals surface area contributed by atoms with E-state index in [-0.39, 0.29) is 0 Å². The first-order valence-electron chi connectivity index (χ1n) is 7.70. The van der Waals surface area contributed by atoms with Crippen molar-refractivity contribution in [3.63, 3.8) is 0 Å². The monoisotopic (exact) mass is 332 g/mol. The number of imidazole rings is 2. The molecule has 0 aliphatic carbocycles. The first kappa shape index (κ1) is 13.5.